The summed E-state index contributed by atoms with van der Waals surface area (Å²) in [4.78, 5) is 23.1. The summed E-state index contributed by atoms with van der Waals surface area (Å²) in [6, 6.07) is -0.694. The third kappa shape index (κ3) is 24.3. The lowest BCUT2D eigenvalue weighted by molar-refractivity contribution is -0.889. The van der Waals surface area contributed by atoms with Gasteiger partial charge in [-0.05, 0) is 51.4 Å². The lowest BCUT2D eigenvalue weighted by atomic mass is 10.1. The number of rotatable bonds is 24. The van der Waals surface area contributed by atoms with Crippen LogP contribution in [0.25, 0.3) is 0 Å². The molecule has 1 N–H and O–H groups in total. The second-order valence-corrected chi connectivity index (χ2v) is 10.5. The van der Waals surface area contributed by atoms with E-state index in [1.807, 2.05) is 0 Å². The van der Waals surface area contributed by atoms with E-state index in [2.05, 4.69) is 67.7 Å². The van der Waals surface area contributed by atoms with Crippen LogP contribution in [-0.4, -0.2) is 74.6 Å². The number of aliphatic carboxylic acids is 1. The first-order valence-corrected chi connectivity index (χ1v) is 14.4. The number of carbonyl (C=O) groups excluding carboxylic acids is 2. The summed E-state index contributed by atoms with van der Waals surface area (Å²) in [6.45, 7) is 2.18. The number of unbranched alkanes of at least 4 members (excludes halogenated alkanes) is 3. The zero-order valence-electron chi connectivity index (χ0n) is 24.8. The van der Waals surface area contributed by atoms with Crippen LogP contribution in [0, 0.1) is 0 Å². The topological polar surface area (TPSA) is 95.9 Å². The highest BCUT2D eigenvalue weighted by Gasteiger charge is 2.24. The monoisotopic (exact) mass is 547 g/mol. The van der Waals surface area contributed by atoms with Gasteiger partial charge >= 0.3 is 5.97 Å². The number of carbonyl (C=O) groups is 2. The number of nitrogens with zero attached hydrogens (tertiary/aromatic N) is 1. The number of ether oxygens (including phenoxy) is 2. The molecule has 0 aromatic rings. The molecule has 0 bridgehead atoms. The first kappa shape index (κ1) is 36.5. The molecule has 2 unspecified atom stereocenters. The van der Waals surface area contributed by atoms with E-state index in [1.165, 1.54) is 0 Å². The Labute approximate surface area is 237 Å². The molecular weight excluding hydrogens is 494 g/mol. The van der Waals surface area contributed by atoms with Crippen LogP contribution in [0.5, 0.6) is 0 Å². The van der Waals surface area contributed by atoms with E-state index in [9.17, 15) is 19.8 Å². The van der Waals surface area contributed by atoms with Crippen molar-refractivity contribution in [2.75, 3.05) is 41.0 Å². The Morgan fingerprint density at radius 3 is 1.85 bits per heavy atom. The molecule has 0 aromatic heterocycles. The van der Waals surface area contributed by atoms with Crippen molar-refractivity contribution in [1.82, 2.24) is 0 Å². The van der Waals surface area contributed by atoms with E-state index >= 15 is 0 Å². The maximum atomic E-state index is 11.9. The van der Waals surface area contributed by atoms with Crippen LogP contribution in [0.15, 0.2) is 60.8 Å². The van der Waals surface area contributed by atoms with Gasteiger partial charge in [-0.2, -0.15) is 0 Å². The van der Waals surface area contributed by atoms with Gasteiger partial charge < -0.3 is 29.0 Å². The summed E-state index contributed by atoms with van der Waals surface area (Å²) < 4.78 is 10.7. The molecule has 7 nitrogen and oxygen atoms in total. The predicted octanol–water partition coefficient (Wildman–Crippen LogP) is 4.82. The van der Waals surface area contributed by atoms with Crippen LogP contribution in [0.4, 0.5) is 0 Å². The Kier molecular flexibility index (Phi) is 23.0. The molecule has 0 rings (SSSR count). The Morgan fingerprint density at radius 1 is 0.795 bits per heavy atom. The summed E-state index contributed by atoms with van der Waals surface area (Å²) in [5.41, 5.74) is 0. The van der Waals surface area contributed by atoms with E-state index in [4.69, 9.17) is 9.47 Å². The molecule has 0 heterocycles. The molecule has 0 aliphatic heterocycles. The average molecular weight is 548 g/mol. The minimum Gasteiger partial charge on any atom is -0.544 e. The number of likely N-dealkylation sites (N-methyl/N-ethyl adjacent to an activating group) is 1. The van der Waals surface area contributed by atoms with Crippen molar-refractivity contribution in [2.24, 2.45) is 0 Å². The SMILES string of the molecule is CC/C=C/C/C=C/C/C=C/C/C=C/C/C=C/CCCCCC(=O)OCC(O)COCCC(C(=O)[O-])[N+](C)(C)C. The normalized spacial score (nSPS) is 14.4. The van der Waals surface area contributed by atoms with Gasteiger partial charge in [0.25, 0.3) is 0 Å². The van der Waals surface area contributed by atoms with Gasteiger partial charge in [0.2, 0.25) is 0 Å². The second kappa shape index (κ2) is 24.6. The number of allylic oxidation sites excluding steroid dienone is 10. The van der Waals surface area contributed by atoms with Crippen molar-refractivity contribution in [3.8, 4) is 0 Å². The van der Waals surface area contributed by atoms with Gasteiger partial charge in [0, 0.05) is 12.8 Å². The highest BCUT2D eigenvalue weighted by Crippen LogP contribution is 2.08. The minimum atomic E-state index is -1.13. The number of carboxylic acid groups (broad SMARTS) is 1. The zero-order valence-corrected chi connectivity index (χ0v) is 24.8. The summed E-state index contributed by atoms with van der Waals surface area (Å²) in [7, 11) is 5.33. The predicted molar refractivity (Wildman–Crippen MR) is 157 cm³/mol. The number of aliphatic hydroxyl groups is 1. The summed E-state index contributed by atoms with van der Waals surface area (Å²) in [5, 5.41) is 21.1. The molecule has 0 aliphatic carbocycles. The van der Waals surface area contributed by atoms with Gasteiger partial charge in [0.1, 0.15) is 18.8 Å². The van der Waals surface area contributed by atoms with Crippen LogP contribution < -0.4 is 5.11 Å². The minimum absolute atomic E-state index is 0.0164. The van der Waals surface area contributed by atoms with E-state index in [-0.39, 0.29) is 36.7 Å². The molecule has 39 heavy (non-hydrogen) atoms. The molecule has 222 valence electrons. The first-order chi connectivity index (χ1) is 18.7. The molecule has 0 fully saturated rings. The lowest BCUT2D eigenvalue weighted by Gasteiger charge is -2.34. The van der Waals surface area contributed by atoms with Gasteiger partial charge in [0.15, 0.2) is 0 Å². The van der Waals surface area contributed by atoms with Crippen molar-refractivity contribution < 1.29 is 33.8 Å². The van der Waals surface area contributed by atoms with Gasteiger partial charge in [-0.25, -0.2) is 0 Å². The highest BCUT2D eigenvalue weighted by atomic mass is 16.5. The van der Waals surface area contributed by atoms with Crippen LogP contribution in [0.1, 0.15) is 77.6 Å². The van der Waals surface area contributed by atoms with Crippen LogP contribution >= 0.6 is 0 Å². The van der Waals surface area contributed by atoms with E-state index in [0.29, 0.717) is 6.42 Å². The van der Waals surface area contributed by atoms with Crippen LogP contribution in [0.2, 0.25) is 0 Å². The lowest BCUT2D eigenvalue weighted by Crippen LogP contribution is -2.55. The molecule has 0 spiro atoms. The van der Waals surface area contributed by atoms with Crippen molar-refractivity contribution in [3.05, 3.63) is 60.8 Å². The molecule has 0 aliphatic rings. The maximum Gasteiger partial charge on any atom is 0.305 e. The molecule has 0 radical (unpaired) electrons. The number of hydrogen-bond acceptors (Lipinski definition) is 6. The third-order valence-electron chi connectivity index (χ3n) is 5.90. The molecule has 0 aromatic carbocycles. The summed E-state index contributed by atoms with van der Waals surface area (Å²) >= 11 is 0. The van der Waals surface area contributed by atoms with Gasteiger partial charge in [-0.15, -0.1) is 0 Å². The van der Waals surface area contributed by atoms with Crippen molar-refractivity contribution in [1.29, 1.82) is 0 Å². The largest absolute Gasteiger partial charge is 0.544 e. The molecule has 0 saturated heterocycles. The van der Waals surface area contributed by atoms with E-state index < -0.39 is 18.1 Å². The zero-order chi connectivity index (χ0) is 29.2. The van der Waals surface area contributed by atoms with Crippen LogP contribution in [-0.2, 0) is 19.1 Å². The Morgan fingerprint density at radius 2 is 1.33 bits per heavy atom. The highest BCUT2D eigenvalue weighted by molar-refractivity contribution is 5.69. The Hall–Kier alpha value is -2.48. The smallest absolute Gasteiger partial charge is 0.305 e. The maximum absolute atomic E-state index is 11.9. The standard InChI is InChI=1S/C32H53NO6/c1-5-6-7-8-9-10-11-12-13-14-15-16-17-18-19-20-21-22-23-24-31(35)39-28-29(34)27-38-26-25-30(32(36)37)33(2,3)4/h6-7,9-10,12-13,15-16,18-19,29-30,34H,5,8,11,14,17,20-28H2,1-4H3/b7-6+,10-9+,13-12+,16-15+,19-18+. The van der Waals surface area contributed by atoms with Crippen LogP contribution in [0.3, 0.4) is 0 Å². The van der Waals surface area contributed by atoms with Gasteiger partial charge in [-0.1, -0.05) is 74.1 Å². The third-order valence-corrected chi connectivity index (χ3v) is 5.90. The van der Waals surface area contributed by atoms with Gasteiger partial charge in [-0.3, -0.25) is 4.79 Å². The first-order valence-electron chi connectivity index (χ1n) is 14.4. The number of carboxylic acids is 1. The van der Waals surface area contributed by atoms with E-state index in [0.717, 1.165) is 57.8 Å². The molecule has 7 heteroatoms. The molecular formula is C32H53NO6. The Bertz CT molecular complexity index is 776. The number of aliphatic hydroxyl groups excluding tert-OH is 1. The number of hydrogen-bond donors (Lipinski definition) is 1. The quantitative estimate of drug-likeness (QED) is 0.0805. The van der Waals surface area contributed by atoms with Crippen molar-refractivity contribution in [3.63, 3.8) is 0 Å². The van der Waals surface area contributed by atoms with Crippen molar-refractivity contribution in [2.45, 2.75) is 89.7 Å². The average Bonchev–Trinajstić information content (AvgIpc) is 2.87. The fourth-order valence-electron chi connectivity index (χ4n) is 3.62. The second-order valence-electron chi connectivity index (χ2n) is 10.5. The van der Waals surface area contributed by atoms with E-state index in [1.54, 1.807) is 21.1 Å². The fraction of sp³-hybridized carbons (Fsp3) is 0.625. The molecule has 2 atom stereocenters. The fourth-order valence-corrected chi connectivity index (χ4v) is 3.62. The molecule has 0 amide bonds. The van der Waals surface area contributed by atoms with Gasteiger partial charge in [0.05, 0.1) is 40.3 Å². The summed E-state index contributed by atoms with van der Waals surface area (Å²) in [6.07, 6.45) is 30.2. The van der Waals surface area contributed by atoms with Crippen molar-refractivity contribution >= 4 is 11.9 Å². The number of quaternary nitrogens is 1. The Balaban J connectivity index is 3.68. The number of esters is 1. The summed E-state index contributed by atoms with van der Waals surface area (Å²) in [5.74, 6) is -1.45. The molecule has 0 saturated carbocycles.